The van der Waals surface area contributed by atoms with Crippen LogP contribution in [0.15, 0.2) is 0 Å². The van der Waals surface area contributed by atoms with Crippen LogP contribution in [0.25, 0.3) is 0 Å². The van der Waals surface area contributed by atoms with Crippen LogP contribution in [0.1, 0.15) is 12.8 Å². The van der Waals surface area contributed by atoms with Gasteiger partial charge < -0.3 is 14.2 Å². The predicted molar refractivity (Wildman–Crippen MR) is 36.8 cm³/mol. The molecule has 0 N–H and O–H groups in total. The Labute approximate surface area is 61.3 Å². The molecular weight excluding hydrogens is 132 g/mol. The molecule has 0 atom stereocenters. The van der Waals surface area contributed by atoms with Crippen molar-refractivity contribution in [3.63, 3.8) is 0 Å². The van der Waals surface area contributed by atoms with E-state index >= 15 is 0 Å². The molecule has 3 heteroatoms. The van der Waals surface area contributed by atoms with Crippen molar-refractivity contribution in [3.05, 3.63) is 0 Å². The quantitative estimate of drug-likeness (QED) is 0.505. The molecule has 1 rings (SSSR count). The van der Waals surface area contributed by atoms with E-state index in [1.807, 2.05) is 0 Å². The van der Waals surface area contributed by atoms with Gasteiger partial charge in [-0.3, -0.25) is 0 Å². The Morgan fingerprint density at radius 2 is 1.20 bits per heavy atom. The molecule has 0 spiro atoms. The molecule has 0 bridgehead atoms. The average Bonchev–Trinajstić information content (AvgIpc) is 2.01. The number of rotatable bonds is 0. The average molecular weight is 146 g/mol. The van der Waals surface area contributed by atoms with Crippen LogP contribution in [-0.4, -0.2) is 33.2 Å². The molecule has 1 aliphatic rings. The van der Waals surface area contributed by atoms with Gasteiger partial charge in [0.1, 0.15) is 6.79 Å². The minimum Gasteiger partial charge on any atom is -0.379 e. The molecule has 1 saturated heterocycles. The first-order chi connectivity index (χ1) is 5.00. The molecule has 0 aromatic rings. The maximum Gasteiger partial charge on any atom is 0.146 e. The Hall–Kier alpha value is -0.120. The van der Waals surface area contributed by atoms with E-state index in [2.05, 4.69) is 0 Å². The lowest BCUT2D eigenvalue weighted by molar-refractivity contribution is -0.0786. The standard InChI is InChI=1S/C7H14O3/c1-2-4-9-7-10-6-5-8-3-1/h1-7H2. The van der Waals surface area contributed by atoms with Crippen molar-refractivity contribution in [2.45, 2.75) is 12.8 Å². The molecule has 0 aromatic carbocycles. The van der Waals surface area contributed by atoms with Gasteiger partial charge in [-0.1, -0.05) is 0 Å². The Bertz CT molecular complexity index is 42.0. The van der Waals surface area contributed by atoms with Crippen molar-refractivity contribution in [1.82, 2.24) is 0 Å². The molecule has 1 heterocycles. The lowest BCUT2D eigenvalue weighted by Crippen LogP contribution is -2.11. The van der Waals surface area contributed by atoms with Crippen LogP contribution >= 0.6 is 0 Å². The molecule has 0 aliphatic carbocycles. The molecule has 0 saturated carbocycles. The Morgan fingerprint density at radius 1 is 0.600 bits per heavy atom. The molecule has 0 radical (unpaired) electrons. The summed E-state index contributed by atoms with van der Waals surface area (Å²) >= 11 is 0. The van der Waals surface area contributed by atoms with Gasteiger partial charge in [0.25, 0.3) is 0 Å². The van der Waals surface area contributed by atoms with Crippen LogP contribution in [0.3, 0.4) is 0 Å². The summed E-state index contributed by atoms with van der Waals surface area (Å²) in [6, 6.07) is 0. The third kappa shape index (κ3) is 3.82. The number of hydrogen-bond acceptors (Lipinski definition) is 3. The van der Waals surface area contributed by atoms with Crippen LogP contribution in [0, 0.1) is 0 Å². The van der Waals surface area contributed by atoms with Gasteiger partial charge in [0.15, 0.2) is 0 Å². The van der Waals surface area contributed by atoms with Gasteiger partial charge in [0, 0.05) is 13.2 Å². The van der Waals surface area contributed by atoms with E-state index in [0.717, 1.165) is 26.1 Å². The largest absolute Gasteiger partial charge is 0.379 e. The molecular formula is C7H14O3. The zero-order chi connectivity index (χ0) is 7.07. The first-order valence-corrected chi connectivity index (χ1v) is 3.73. The lowest BCUT2D eigenvalue weighted by Gasteiger charge is -2.09. The molecule has 1 aliphatic heterocycles. The minimum absolute atomic E-state index is 0.420. The van der Waals surface area contributed by atoms with Gasteiger partial charge in [0.05, 0.1) is 13.2 Å². The summed E-state index contributed by atoms with van der Waals surface area (Å²) in [6.07, 6.45) is 2.17. The summed E-state index contributed by atoms with van der Waals surface area (Å²) in [6.45, 7) is 3.41. The van der Waals surface area contributed by atoms with Crippen molar-refractivity contribution in [2.24, 2.45) is 0 Å². The molecule has 10 heavy (non-hydrogen) atoms. The van der Waals surface area contributed by atoms with Crippen LogP contribution < -0.4 is 0 Å². The predicted octanol–water partition coefficient (Wildman–Crippen LogP) is 0.787. The molecule has 60 valence electrons. The summed E-state index contributed by atoms with van der Waals surface area (Å²) < 4.78 is 15.4. The summed E-state index contributed by atoms with van der Waals surface area (Å²) in [5, 5.41) is 0. The topological polar surface area (TPSA) is 27.7 Å². The van der Waals surface area contributed by atoms with Crippen LogP contribution in [-0.2, 0) is 14.2 Å². The fourth-order valence-corrected chi connectivity index (χ4v) is 0.805. The first-order valence-electron chi connectivity index (χ1n) is 3.73. The van der Waals surface area contributed by atoms with E-state index in [-0.39, 0.29) is 0 Å². The van der Waals surface area contributed by atoms with Crippen molar-refractivity contribution in [3.8, 4) is 0 Å². The maximum absolute atomic E-state index is 5.23. The fraction of sp³-hybridized carbons (Fsp3) is 1.00. The summed E-state index contributed by atoms with van der Waals surface area (Å²) in [4.78, 5) is 0. The van der Waals surface area contributed by atoms with Crippen molar-refractivity contribution < 1.29 is 14.2 Å². The Balaban J connectivity index is 2.00. The van der Waals surface area contributed by atoms with E-state index < -0.39 is 0 Å². The second-order valence-corrected chi connectivity index (χ2v) is 2.25. The monoisotopic (exact) mass is 146 g/mol. The van der Waals surface area contributed by atoms with Crippen molar-refractivity contribution in [1.29, 1.82) is 0 Å². The summed E-state index contributed by atoms with van der Waals surface area (Å²) in [5.41, 5.74) is 0. The minimum atomic E-state index is 0.420. The van der Waals surface area contributed by atoms with Gasteiger partial charge in [-0.25, -0.2) is 0 Å². The van der Waals surface area contributed by atoms with Crippen molar-refractivity contribution in [2.75, 3.05) is 33.2 Å². The second-order valence-electron chi connectivity index (χ2n) is 2.25. The van der Waals surface area contributed by atoms with Crippen LogP contribution in [0.4, 0.5) is 0 Å². The lowest BCUT2D eigenvalue weighted by atomic mass is 10.3. The normalized spacial score (nSPS) is 24.0. The smallest absolute Gasteiger partial charge is 0.146 e. The van der Waals surface area contributed by atoms with Gasteiger partial charge >= 0.3 is 0 Å². The van der Waals surface area contributed by atoms with Gasteiger partial charge in [-0.05, 0) is 12.8 Å². The van der Waals surface area contributed by atoms with Gasteiger partial charge in [0.2, 0.25) is 0 Å². The molecule has 1 fully saturated rings. The zero-order valence-corrected chi connectivity index (χ0v) is 6.17. The van der Waals surface area contributed by atoms with E-state index in [9.17, 15) is 0 Å². The summed E-state index contributed by atoms with van der Waals surface area (Å²) in [7, 11) is 0. The highest BCUT2D eigenvalue weighted by atomic mass is 16.7. The van der Waals surface area contributed by atoms with E-state index in [4.69, 9.17) is 14.2 Å². The van der Waals surface area contributed by atoms with Crippen LogP contribution in [0.2, 0.25) is 0 Å². The molecule has 0 amide bonds. The van der Waals surface area contributed by atoms with Crippen molar-refractivity contribution >= 4 is 0 Å². The van der Waals surface area contributed by atoms with E-state index in [1.165, 1.54) is 0 Å². The molecule has 3 nitrogen and oxygen atoms in total. The van der Waals surface area contributed by atoms with Gasteiger partial charge in [-0.2, -0.15) is 0 Å². The Kier molecular flexibility index (Phi) is 4.51. The second kappa shape index (κ2) is 5.65. The van der Waals surface area contributed by atoms with E-state index in [0.29, 0.717) is 20.0 Å². The molecule has 0 aromatic heterocycles. The Morgan fingerprint density at radius 3 is 2.10 bits per heavy atom. The third-order valence-corrected chi connectivity index (χ3v) is 1.37. The summed E-state index contributed by atoms with van der Waals surface area (Å²) in [5.74, 6) is 0. The number of ether oxygens (including phenoxy) is 3. The fourth-order valence-electron chi connectivity index (χ4n) is 0.805. The van der Waals surface area contributed by atoms with Crippen LogP contribution in [0.5, 0.6) is 0 Å². The zero-order valence-electron chi connectivity index (χ0n) is 6.17. The SMILES string of the molecule is C1CCOCOCCOC1. The van der Waals surface area contributed by atoms with E-state index in [1.54, 1.807) is 0 Å². The highest BCUT2D eigenvalue weighted by Gasteiger charge is 1.94. The highest BCUT2D eigenvalue weighted by molar-refractivity contribution is 4.39. The van der Waals surface area contributed by atoms with Gasteiger partial charge in [-0.15, -0.1) is 0 Å². The first kappa shape index (κ1) is 7.98. The maximum atomic E-state index is 5.23. The third-order valence-electron chi connectivity index (χ3n) is 1.37. The number of hydrogen-bond donors (Lipinski definition) is 0. The molecule has 0 unspecified atom stereocenters. The highest BCUT2D eigenvalue weighted by Crippen LogP contribution is 1.94.